The van der Waals surface area contributed by atoms with Gasteiger partial charge in [-0.15, -0.1) is 0 Å². The molecule has 250 valence electrons. The van der Waals surface area contributed by atoms with Crippen LogP contribution in [-0.2, 0) is 6.42 Å². The molecule has 1 atom stereocenters. The van der Waals surface area contributed by atoms with Crippen molar-refractivity contribution in [2.45, 2.75) is 13.3 Å². The Bertz CT molecular complexity index is 3330. The number of furan rings is 2. The van der Waals surface area contributed by atoms with Crippen LogP contribution in [0.15, 0.2) is 161 Å². The van der Waals surface area contributed by atoms with Crippen molar-refractivity contribution in [2.24, 2.45) is 5.92 Å². The summed E-state index contributed by atoms with van der Waals surface area (Å²) in [7, 11) is 0. The van der Waals surface area contributed by atoms with E-state index >= 15 is 0 Å². The van der Waals surface area contributed by atoms with E-state index in [1.165, 1.54) is 60.8 Å². The fraction of sp³-hybridized carbons (Fsp3) is 0.0612. The lowest BCUT2D eigenvalue weighted by molar-refractivity contribution is 0.662. The molecule has 0 N–H and O–H groups in total. The largest absolute Gasteiger partial charge is 0.456 e. The SMILES string of the molecule is CC1C=Cc2c(c3cc(-c4ccc5c(c4)c4ccccc4n5-c4ccccc4)ccc3n2-c2ccc3oc4ccc5c6ccccc6oc5c4c3c2)C1. The van der Waals surface area contributed by atoms with Crippen molar-refractivity contribution in [3.8, 4) is 22.5 Å². The molecule has 0 bridgehead atoms. The van der Waals surface area contributed by atoms with Gasteiger partial charge in [0.2, 0.25) is 0 Å². The third-order valence-corrected chi connectivity index (χ3v) is 11.5. The van der Waals surface area contributed by atoms with Gasteiger partial charge >= 0.3 is 0 Å². The number of fused-ring (bicyclic) bond motifs is 13. The Balaban J connectivity index is 1.05. The van der Waals surface area contributed by atoms with Crippen LogP contribution in [0.2, 0.25) is 0 Å². The molecular formula is C49H32N2O2. The molecule has 1 aliphatic carbocycles. The molecule has 1 unspecified atom stereocenters. The number of benzene rings is 7. The molecule has 7 aromatic carbocycles. The van der Waals surface area contributed by atoms with E-state index in [0.717, 1.165) is 56.0 Å². The van der Waals surface area contributed by atoms with Crippen molar-refractivity contribution in [3.63, 3.8) is 0 Å². The first-order valence-electron chi connectivity index (χ1n) is 18.4. The third kappa shape index (κ3) is 4.06. The molecule has 4 nitrogen and oxygen atoms in total. The maximum atomic E-state index is 6.49. The van der Waals surface area contributed by atoms with Crippen LogP contribution in [0, 0.1) is 5.92 Å². The Kier molecular flexibility index (Phi) is 5.79. The van der Waals surface area contributed by atoms with E-state index < -0.39 is 0 Å². The standard InChI is InChI=1S/C49H32N2O2/c1-29-15-20-42-37(25-29)39-27-31(30-16-21-43-38(26-30)34-11-5-7-13-41(34)50(43)32-9-3-2-4-10-32)17-22-44(39)51(42)33-18-23-46-40(28-33)48-47(52-46)24-19-36-35-12-6-8-14-45(35)53-49(36)48/h2-24,26-29H,25H2,1H3. The fourth-order valence-corrected chi connectivity index (χ4v) is 9.05. The van der Waals surface area contributed by atoms with E-state index in [2.05, 4.69) is 162 Å². The van der Waals surface area contributed by atoms with Gasteiger partial charge in [0.15, 0.2) is 0 Å². The number of allylic oxidation sites excluding steroid dienone is 1. The maximum absolute atomic E-state index is 6.49. The van der Waals surface area contributed by atoms with Gasteiger partial charge in [-0.25, -0.2) is 0 Å². The number of para-hydroxylation sites is 3. The summed E-state index contributed by atoms with van der Waals surface area (Å²) in [5.74, 6) is 0.465. The molecule has 0 saturated carbocycles. The highest BCUT2D eigenvalue weighted by molar-refractivity contribution is 6.22. The lowest BCUT2D eigenvalue weighted by atomic mass is 9.92. The highest BCUT2D eigenvalue weighted by Gasteiger charge is 2.23. The fourth-order valence-electron chi connectivity index (χ4n) is 9.05. The topological polar surface area (TPSA) is 36.1 Å². The second-order valence-electron chi connectivity index (χ2n) is 14.6. The summed E-state index contributed by atoms with van der Waals surface area (Å²) in [5, 5.41) is 8.14. The Morgan fingerprint density at radius 1 is 0.491 bits per heavy atom. The van der Waals surface area contributed by atoms with Gasteiger partial charge in [-0.05, 0) is 114 Å². The van der Waals surface area contributed by atoms with E-state index in [-0.39, 0.29) is 0 Å². The zero-order valence-corrected chi connectivity index (χ0v) is 29.0. The van der Waals surface area contributed by atoms with Gasteiger partial charge in [0, 0.05) is 49.4 Å². The quantitative estimate of drug-likeness (QED) is 0.186. The zero-order chi connectivity index (χ0) is 34.8. The summed E-state index contributed by atoms with van der Waals surface area (Å²) in [6.45, 7) is 2.31. The molecule has 53 heavy (non-hydrogen) atoms. The lowest BCUT2D eigenvalue weighted by Gasteiger charge is -2.15. The van der Waals surface area contributed by atoms with Crippen molar-refractivity contribution in [2.75, 3.05) is 0 Å². The summed E-state index contributed by atoms with van der Waals surface area (Å²) >= 11 is 0. The first-order valence-corrected chi connectivity index (χ1v) is 18.4. The zero-order valence-electron chi connectivity index (χ0n) is 29.0. The summed E-state index contributed by atoms with van der Waals surface area (Å²) in [6.07, 6.45) is 5.67. The first-order chi connectivity index (χ1) is 26.2. The lowest BCUT2D eigenvalue weighted by Crippen LogP contribution is -2.05. The van der Waals surface area contributed by atoms with E-state index in [0.29, 0.717) is 5.92 Å². The van der Waals surface area contributed by atoms with Crippen molar-refractivity contribution >= 4 is 82.7 Å². The highest BCUT2D eigenvalue weighted by Crippen LogP contribution is 2.43. The van der Waals surface area contributed by atoms with Crippen molar-refractivity contribution < 1.29 is 8.83 Å². The number of rotatable bonds is 3. The normalized spacial score (nSPS) is 14.5. The second kappa shape index (κ2) is 10.6. The predicted molar refractivity (Wildman–Crippen MR) is 220 cm³/mol. The molecule has 1 aliphatic rings. The summed E-state index contributed by atoms with van der Waals surface area (Å²) in [6, 6.07) is 52.4. The van der Waals surface area contributed by atoms with Crippen molar-refractivity contribution in [1.29, 1.82) is 0 Å². The predicted octanol–water partition coefficient (Wildman–Crippen LogP) is 13.4. The van der Waals surface area contributed by atoms with Crippen LogP contribution in [-0.4, -0.2) is 9.13 Å². The maximum Gasteiger partial charge on any atom is 0.147 e. The van der Waals surface area contributed by atoms with Gasteiger partial charge in [0.25, 0.3) is 0 Å². The van der Waals surface area contributed by atoms with E-state index in [4.69, 9.17) is 8.83 Å². The van der Waals surface area contributed by atoms with Crippen LogP contribution >= 0.6 is 0 Å². The Morgan fingerprint density at radius 3 is 2.06 bits per heavy atom. The Hall–Kier alpha value is -6.78. The van der Waals surface area contributed by atoms with Crippen LogP contribution in [0.4, 0.5) is 0 Å². The minimum absolute atomic E-state index is 0.465. The molecule has 0 radical (unpaired) electrons. The number of aromatic nitrogens is 2. The summed E-state index contributed by atoms with van der Waals surface area (Å²) in [5.41, 5.74) is 14.5. The van der Waals surface area contributed by atoms with Gasteiger partial charge in [0.05, 0.1) is 21.9 Å². The first kappa shape index (κ1) is 28.9. The number of hydrogen-bond acceptors (Lipinski definition) is 2. The van der Waals surface area contributed by atoms with Gasteiger partial charge in [-0.3, -0.25) is 0 Å². The molecule has 0 fully saturated rings. The average molecular weight is 681 g/mol. The molecule has 11 aromatic rings. The van der Waals surface area contributed by atoms with Crippen LogP contribution in [0.25, 0.3) is 105 Å². The van der Waals surface area contributed by atoms with Crippen molar-refractivity contribution in [3.05, 3.63) is 163 Å². The molecule has 4 aromatic heterocycles. The molecule has 12 rings (SSSR count). The van der Waals surface area contributed by atoms with Gasteiger partial charge in [-0.2, -0.15) is 0 Å². The van der Waals surface area contributed by atoms with Crippen LogP contribution in [0.1, 0.15) is 18.2 Å². The Labute approximate surface area is 304 Å². The van der Waals surface area contributed by atoms with Crippen LogP contribution < -0.4 is 0 Å². The monoisotopic (exact) mass is 680 g/mol. The van der Waals surface area contributed by atoms with Crippen LogP contribution in [0.5, 0.6) is 0 Å². The average Bonchev–Trinajstić information content (AvgIpc) is 3.95. The highest BCUT2D eigenvalue weighted by atomic mass is 16.3. The van der Waals surface area contributed by atoms with E-state index in [1.807, 2.05) is 12.1 Å². The molecule has 4 heteroatoms. The number of hydrogen-bond donors (Lipinski definition) is 0. The van der Waals surface area contributed by atoms with Gasteiger partial charge < -0.3 is 18.0 Å². The molecular weight excluding hydrogens is 649 g/mol. The van der Waals surface area contributed by atoms with Gasteiger partial charge in [0.1, 0.15) is 22.3 Å². The third-order valence-electron chi connectivity index (χ3n) is 11.5. The van der Waals surface area contributed by atoms with Crippen LogP contribution in [0.3, 0.4) is 0 Å². The number of nitrogens with zero attached hydrogens (tertiary/aromatic N) is 2. The van der Waals surface area contributed by atoms with E-state index in [9.17, 15) is 0 Å². The molecule has 0 aliphatic heterocycles. The van der Waals surface area contributed by atoms with Crippen molar-refractivity contribution in [1.82, 2.24) is 9.13 Å². The van der Waals surface area contributed by atoms with E-state index in [1.54, 1.807) is 0 Å². The summed E-state index contributed by atoms with van der Waals surface area (Å²) in [4.78, 5) is 0. The minimum atomic E-state index is 0.465. The Morgan fingerprint density at radius 2 is 1.19 bits per heavy atom. The minimum Gasteiger partial charge on any atom is -0.456 e. The van der Waals surface area contributed by atoms with Gasteiger partial charge in [-0.1, -0.05) is 79.7 Å². The second-order valence-corrected chi connectivity index (χ2v) is 14.6. The summed E-state index contributed by atoms with van der Waals surface area (Å²) < 4.78 is 17.7. The molecule has 0 amide bonds. The molecule has 0 spiro atoms. The smallest absolute Gasteiger partial charge is 0.147 e. The molecule has 0 saturated heterocycles. The molecule has 4 heterocycles.